The van der Waals surface area contributed by atoms with E-state index in [0.29, 0.717) is 16.9 Å². The Morgan fingerprint density at radius 3 is 2.58 bits per heavy atom. The number of aromatic nitrogens is 1. The first kappa shape index (κ1) is 23.0. The quantitative estimate of drug-likeness (QED) is 0.682. The lowest BCUT2D eigenvalue weighted by Crippen LogP contribution is -2.59. The number of hydrogen-bond acceptors (Lipinski definition) is 5. The molecule has 0 unspecified atom stereocenters. The van der Waals surface area contributed by atoms with Crippen molar-refractivity contribution >= 4 is 14.2 Å². The van der Waals surface area contributed by atoms with Crippen molar-refractivity contribution < 1.29 is 14.0 Å². The van der Waals surface area contributed by atoms with Crippen LogP contribution in [0.5, 0.6) is 5.75 Å². The molecule has 1 N–H and O–H groups in total. The van der Waals surface area contributed by atoms with Crippen molar-refractivity contribution in [3.8, 4) is 11.8 Å². The second-order valence-electron chi connectivity index (χ2n) is 10.1. The van der Waals surface area contributed by atoms with Gasteiger partial charge in [-0.2, -0.15) is 5.26 Å². The molecule has 2 atom stereocenters. The van der Waals surface area contributed by atoms with Crippen LogP contribution in [0.3, 0.4) is 0 Å². The third kappa shape index (κ3) is 4.65. The van der Waals surface area contributed by atoms with Crippen LogP contribution in [0.2, 0.25) is 18.1 Å². The topological polar surface area (TPSA) is 84.2 Å². The highest BCUT2D eigenvalue weighted by atomic mass is 28.4. The van der Waals surface area contributed by atoms with E-state index in [1.807, 2.05) is 13.8 Å². The van der Waals surface area contributed by atoms with Gasteiger partial charge in [-0.05, 0) is 62.3 Å². The highest BCUT2D eigenvalue weighted by Crippen LogP contribution is 2.46. The number of pyridine rings is 1. The molecule has 0 saturated heterocycles. The molecular weight excluding hydrogens is 406 g/mol. The van der Waals surface area contributed by atoms with Crippen molar-refractivity contribution in [1.29, 1.82) is 5.26 Å². The van der Waals surface area contributed by atoms with Crippen molar-refractivity contribution in [1.82, 2.24) is 10.3 Å². The minimum Gasteiger partial charge on any atom is -0.485 e. The second-order valence-corrected chi connectivity index (χ2v) is 14.8. The molecule has 0 saturated carbocycles. The Morgan fingerprint density at radius 2 is 2.00 bits per heavy atom. The largest absolute Gasteiger partial charge is 0.485 e. The van der Waals surface area contributed by atoms with Crippen LogP contribution in [0, 0.1) is 11.3 Å². The predicted octanol–water partition coefficient (Wildman–Crippen LogP) is 4.99. The van der Waals surface area contributed by atoms with Crippen LogP contribution in [-0.2, 0) is 4.43 Å². The van der Waals surface area contributed by atoms with Crippen LogP contribution < -0.4 is 10.1 Å². The molecule has 0 bridgehead atoms. The Hall–Kier alpha value is -2.69. The fourth-order valence-corrected chi connectivity index (χ4v) is 4.85. The van der Waals surface area contributed by atoms with Gasteiger partial charge in [-0.25, -0.2) is 0 Å². The maximum atomic E-state index is 13.1. The summed E-state index contributed by atoms with van der Waals surface area (Å²) in [7, 11) is -2.21. The van der Waals surface area contributed by atoms with Gasteiger partial charge in [0, 0.05) is 18.0 Å². The molecule has 6 nitrogen and oxygen atoms in total. The van der Waals surface area contributed by atoms with E-state index in [-0.39, 0.29) is 10.9 Å². The highest BCUT2D eigenvalue weighted by molar-refractivity contribution is 6.74. The van der Waals surface area contributed by atoms with Gasteiger partial charge in [0.2, 0.25) is 0 Å². The van der Waals surface area contributed by atoms with Gasteiger partial charge in [0.15, 0.2) is 8.32 Å². The molecule has 31 heavy (non-hydrogen) atoms. The van der Waals surface area contributed by atoms with E-state index in [0.717, 1.165) is 5.56 Å². The summed E-state index contributed by atoms with van der Waals surface area (Å²) in [5, 5.41) is 12.6. The summed E-state index contributed by atoms with van der Waals surface area (Å²) in [5.74, 6) is 0.406. The number of ether oxygens (including phenoxy) is 1. The Bertz CT molecular complexity index is 1010. The van der Waals surface area contributed by atoms with Gasteiger partial charge in [0.05, 0.1) is 23.2 Å². The van der Waals surface area contributed by atoms with Crippen molar-refractivity contribution in [2.45, 2.75) is 70.5 Å². The Balaban J connectivity index is 2.09. The second kappa shape index (κ2) is 8.10. The Morgan fingerprint density at radius 1 is 1.29 bits per heavy atom. The van der Waals surface area contributed by atoms with Crippen molar-refractivity contribution in [2.24, 2.45) is 0 Å². The maximum absolute atomic E-state index is 13.1. The lowest BCUT2D eigenvalue weighted by atomic mass is 9.85. The molecule has 0 spiro atoms. The molecule has 1 amide bonds. The summed E-state index contributed by atoms with van der Waals surface area (Å²) in [6.45, 7) is 14.9. The zero-order valence-electron chi connectivity index (χ0n) is 19.3. The van der Waals surface area contributed by atoms with E-state index in [2.05, 4.69) is 50.2 Å². The van der Waals surface area contributed by atoms with Crippen molar-refractivity contribution in [2.75, 3.05) is 0 Å². The number of nitrogens with zero attached hydrogens (tertiary/aromatic N) is 2. The van der Waals surface area contributed by atoms with Gasteiger partial charge in [-0.15, -0.1) is 0 Å². The Kier molecular flexibility index (Phi) is 6.00. The number of nitriles is 1. The van der Waals surface area contributed by atoms with Crippen LogP contribution in [0.1, 0.15) is 62.1 Å². The van der Waals surface area contributed by atoms with Crippen LogP contribution >= 0.6 is 0 Å². The normalized spacial score (nSPS) is 20.2. The molecule has 1 aromatic heterocycles. The lowest BCUT2D eigenvalue weighted by molar-refractivity contribution is -0.0550. The number of fused-ring (bicyclic) bond motifs is 1. The Labute approximate surface area is 185 Å². The van der Waals surface area contributed by atoms with E-state index in [1.54, 1.807) is 36.5 Å². The average molecular weight is 438 g/mol. The van der Waals surface area contributed by atoms with Gasteiger partial charge in [-0.3, -0.25) is 9.78 Å². The van der Waals surface area contributed by atoms with E-state index in [4.69, 9.17) is 9.16 Å². The number of carbonyl (C=O) groups excluding carboxylic acids is 1. The lowest BCUT2D eigenvalue weighted by Gasteiger charge is -2.49. The molecule has 0 aliphatic carbocycles. The van der Waals surface area contributed by atoms with Gasteiger partial charge in [-0.1, -0.05) is 20.8 Å². The van der Waals surface area contributed by atoms with Crippen LogP contribution in [0.4, 0.5) is 0 Å². The van der Waals surface area contributed by atoms with Crippen LogP contribution in [0.25, 0.3) is 0 Å². The number of nitrogens with one attached hydrogen (secondary N) is 1. The van der Waals surface area contributed by atoms with E-state index >= 15 is 0 Å². The van der Waals surface area contributed by atoms with Crippen LogP contribution in [-0.4, -0.2) is 30.9 Å². The van der Waals surface area contributed by atoms with Crippen molar-refractivity contribution in [3.63, 3.8) is 0 Å². The molecule has 1 aliphatic heterocycles. The zero-order chi connectivity index (χ0) is 23.0. The summed E-state index contributed by atoms with van der Waals surface area (Å²) in [6.07, 6.45) is 2.73. The number of amides is 1. The SMILES string of the molecule is CC1(C)Oc2ccc(C#N)cc2[C@H](NC(=O)c2cccnc2)[C@H]1O[Si](C)(C)C(C)(C)C. The van der Waals surface area contributed by atoms with Gasteiger partial charge >= 0.3 is 0 Å². The third-order valence-electron chi connectivity index (χ3n) is 6.27. The molecule has 1 aromatic carbocycles. The molecule has 7 heteroatoms. The van der Waals surface area contributed by atoms with E-state index < -0.39 is 26.1 Å². The summed E-state index contributed by atoms with van der Waals surface area (Å²) in [6, 6.07) is 10.5. The maximum Gasteiger partial charge on any atom is 0.253 e. The average Bonchev–Trinajstić information content (AvgIpc) is 2.69. The standard InChI is InChI=1S/C24H31N3O3Si/c1-23(2,3)31(6,7)30-21-20(27-22(28)17-9-8-12-26-15-17)18-13-16(14-25)10-11-19(18)29-24(21,4)5/h8-13,15,20-21H,1-7H3,(H,27,28)/t20-,21+/m0/s1. The number of carbonyl (C=O) groups is 1. The molecular formula is C24H31N3O3Si. The van der Waals surface area contributed by atoms with Crippen molar-refractivity contribution in [3.05, 3.63) is 59.4 Å². The fourth-order valence-electron chi connectivity index (χ4n) is 3.44. The molecule has 0 radical (unpaired) electrons. The molecule has 1 aliphatic rings. The first-order chi connectivity index (χ1) is 14.4. The fraction of sp³-hybridized carbons (Fsp3) is 0.458. The summed E-state index contributed by atoms with van der Waals surface area (Å²) in [5.41, 5.74) is 1.03. The van der Waals surface area contributed by atoms with Gasteiger partial charge in [0.25, 0.3) is 5.91 Å². The predicted molar refractivity (Wildman–Crippen MR) is 122 cm³/mol. The first-order valence-electron chi connectivity index (χ1n) is 10.5. The summed E-state index contributed by atoms with van der Waals surface area (Å²) < 4.78 is 13.2. The van der Waals surface area contributed by atoms with Gasteiger partial charge < -0.3 is 14.5 Å². The molecule has 3 rings (SSSR count). The minimum absolute atomic E-state index is 0.0181. The van der Waals surface area contributed by atoms with Crippen LogP contribution in [0.15, 0.2) is 42.7 Å². The zero-order valence-corrected chi connectivity index (χ0v) is 20.3. The molecule has 0 fully saturated rings. The smallest absolute Gasteiger partial charge is 0.253 e. The third-order valence-corrected chi connectivity index (χ3v) is 10.7. The number of benzene rings is 1. The first-order valence-corrected chi connectivity index (χ1v) is 13.4. The molecule has 2 aromatic rings. The number of hydrogen-bond donors (Lipinski definition) is 1. The number of rotatable bonds is 4. The molecule has 2 heterocycles. The molecule has 164 valence electrons. The van der Waals surface area contributed by atoms with E-state index in [1.165, 1.54) is 6.20 Å². The highest BCUT2D eigenvalue weighted by Gasteiger charge is 2.50. The summed E-state index contributed by atoms with van der Waals surface area (Å²) >= 11 is 0. The van der Waals surface area contributed by atoms with Gasteiger partial charge in [0.1, 0.15) is 17.5 Å². The summed E-state index contributed by atoms with van der Waals surface area (Å²) in [4.78, 5) is 17.2. The minimum atomic E-state index is -2.21. The van der Waals surface area contributed by atoms with E-state index in [9.17, 15) is 10.1 Å². The monoisotopic (exact) mass is 437 g/mol.